The first kappa shape index (κ1) is 23.3. The Hall–Kier alpha value is -0.673. The molecule has 0 aromatic heterocycles. The molecule has 1 N–H and O–H groups in total. The minimum atomic E-state index is -1.44. The van der Waals surface area contributed by atoms with E-state index in [0.717, 1.165) is 0 Å². The Bertz CT molecular complexity index is 328. The van der Waals surface area contributed by atoms with E-state index in [9.17, 15) is 4.79 Å². The molecular weight excluding hydrogens is 330 g/mol. The van der Waals surface area contributed by atoms with E-state index in [1.807, 2.05) is 20.8 Å². The quantitative estimate of drug-likeness (QED) is 0.399. The second-order valence-electron chi connectivity index (χ2n) is 7.23. The van der Waals surface area contributed by atoms with E-state index in [-0.39, 0.29) is 0 Å². The maximum atomic E-state index is 11.4. The topological polar surface area (TPSA) is 75.3 Å². The zero-order valence-corrected chi connectivity index (χ0v) is 17.1. The number of carbonyl (C=O) groups excluding carboxylic acids is 1. The van der Waals surface area contributed by atoms with E-state index < -0.39 is 20.0 Å². The van der Waals surface area contributed by atoms with Crippen molar-refractivity contribution in [2.75, 3.05) is 52.8 Å². The molecule has 0 heterocycles. The van der Waals surface area contributed by atoms with Gasteiger partial charge in [0, 0.05) is 6.54 Å². The van der Waals surface area contributed by atoms with Gasteiger partial charge in [0.2, 0.25) is 0 Å². The Balaban J connectivity index is 3.22. The van der Waals surface area contributed by atoms with Crippen LogP contribution < -0.4 is 5.32 Å². The van der Waals surface area contributed by atoms with Crippen molar-refractivity contribution in [3.8, 4) is 0 Å². The molecule has 0 radical (unpaired) electrons. The van der Waals surface area contributed by atoms with Gasteiger partial charge in [-0.05, 0) is 40.4 Å². The summed E-state index contributed by atoms with van der Waals surface area (Å²) in [6.07, 6.45) is -0.433. The van der Waals surface area contributed by atoms with Crippen LogP contribution in [0.3, 0.4) is 0 Å². The van der Waals surface area contributed by atoms with Crippen molar-refractivity contribution in [3.63, 3.8) is 0 Å². The van der Waals surface area contributed by atoms with Crippen LogP contribution in [0.1, 0.15) is 20.8 Å². The van der Waals surface area contributed by atoms with Gasteiger partial charge in [-0.2, -0.15) is 0 Å². The average molecular weight is 366 g/mol. The number of carbonyl (C=O) groups is 1. The molecule has 0 atom stereocenters. The lowest BCUT2D eigenvalue weighted by Crippen LogP contribution is -2.34. The SMILES string of the molecule is CC(C)(C)OC(=O)NCCOCCOCCOCCO[Si](C)(C)C. The summed E-state index contributed by atoms with van der Waals surface area (Å²) >= 11 is 0. The summed E-state index contributed by atoms with van der Waals surface area (Å²) in [6.45, 7) is 16.1. The maximum absolute atomic E-state index is 11.4. The summed E-state index contributed by atoms with van der Waals surface area (Å²) in [5.41, 5.74) is -0.484. The highest BCUT2D eigenvalue weighted by Gasteiger charge is 2.15. The van der Waals surface area contributed by atoms with Gasteiger partial charge in [-0.15, -0.1) is 0 Å². The van der Waals surface area contributed by atoms with E-state index in [4.69, 9.17) is 23.4 Å². The highest BCUT2D eigenvalue weighted by Crippen LogP contribution is 2.06. The van der Waals surface area contributed by atoms with Gasteiger partial charge < -0.3 is 28.7 Å². The Kier molecular flexibility index (Phi) is 12.3. The molecule has 0 saturated carbocycles. The molecule has 144 valence electrons. The number of rotatable bonds is 13. The van der Waals surface area contributed by atoms with Crippen molar-refractivity contribution >= 4 is 14.4 Å². The molecule has 1 amide bonds. The van der Waals surface area contributed by atoms with Gasteiger partial charge in [0.25, 0.3) is 0 Å². The second-order valence-corrected chi connectivity index (χ2v) is 11.7. The van der Waals surface area contributed by atoms with Crippen LogP contribution in [-0.4, -0.2) is 72.8 Å². The van der Waals surface area contributed by atoms with Crippen LogP contribution in [0.15, 0.2) is 0 Å². The number of hydrogen-bond acceptors (Lipinski definition) is 6. The molecule has 0 saturated heterocycles. The minimum Gasteiger partial charge on any atom is -0.444 e. The minimum absolute atomic E-state index is 0.412. The summed E-state index contributed by atoms with van der Waals surface area (Å²) in [4.78, 5) is 11.4. The number of amides is 1. The molecule has 0 bridgehead atoms. The van der Waals surface area contributed by atoms with E-state index in [2.05, 4.69) is 25.0 Å². The Labute approximate surface area is 147 Å². The maximum Gasteiger partial charge on any atom is 0.407 e. The standard InChI is InChI=1S/C16H35NO6Si/c1-16(2,3)23-15(18)17-7-8-19-9-10-20-11-12-21-13-14-22-24(4,5)6/h7-14H2,1-6H3,(H,17,18). The molecule has 0 aliphatic heterocycles. The number of nitrogens with one attached hydrogen (secondary N) is 1. The number of alkyl carbamates (subject to hydrolysis) is 1. The second kappa shape index (κ2) is 12.7. The van der Waals surface area contributed by atoms with Crippen LogP contribution in [0.4, 0.5) is 4.79 Å². The smallest absolute Gasteiger partial charge is 0.407 e. The van der Waals surface area contributed by atoms with Crippen molar-refractivity contribution in [1.29, 1.82) is 0 Å². The van der Waals surface area contributed by atoms with Crippen molar-refractivity contribution in [2.45, 2.75) is 46.0 Å². The zero-order valence-electron chi connectivity index (χ0n) is 16.1. The van der Waals surface area contributed by atoms with Crippen molar-refractivity contribution < 1.29 is 28.2 Å². The van der Waals surface area contributed by atoms with Crippen LogP contribution in [0.25, 0.3) is 0 Å². The lowest BCUT2D eigenvalue weighted by Gasteiger charge is -2.19. The first-order valence-corrected chi connectivity index (χ1v) is 11.8. The third-order valence-electron chi connectivity index (χ3n) is 2.42. The van der Waals surface area contributed by atoms with Crippen LogP contribution in [0.5, 0.6) is 0 Å². The van der Waals surface area contributed by atoms with Gasteiger partial charge in [0.15, 0.2) is 8.32 Å². The Morgan fingerprint density at radius 2 is 1.29 bits per heavy atom. The third-order valence-corrected chi connectivity index (χ3v) is 3.49. The molecule has 24 heavy (non-hydrogen) atoms. The lowest BCUT2D eigenvalue weighted by atomic mass is 10.2. The molecule has 0 spiro atoms. The summed E-state index contributed by atoms with van der Waals surface area (Å²) in [5.74, 6) is 0. The van der Waals surface area contributed by atoms with Gasteiger partial charge in [-0.1, -0.05) is 0 Å². The van der Waals surface area contributed by atoms with E-state index >= 15 is 0 Å². The molecule has 0 aromatic carbocycles. The largest absolute Gasteiger partial charge is 0.444 e. The van der Waals surface area contributed by atoms with Gasteiger partial charge in [0.1, 0.15) is 5.60 Å². The fraction of sp³-hybridized carbons (Fsp3) is 0.938. The molecule has 0 unspecified atom stereocenters. The predicted octanol–water partition coefficient (Wildman–Crippen LogP) is 2.41. The fourth-order valence-electron chi connectivity index (χ4n) is 1.49. The summed E-state index contributed by atoms with van der Waals surface area (Å²) in [6, 6.07) is 0. The zero-order chi connectivity index (χ0) is 18.5. The summed E-state index contributed by atoms with van der Waals surface area (Å²) < 4.78 is 26.9. The van der Waals surface area contributed by atoms with E-state index in [1.54, 1.807) is 0 Å². The monoisotopic (exact) mass is 365 g/mol. The number of ether oxygens (including phenoxy) is 4. The Morgan fingerprint density at radius 3 is 1.75 bits per heavy atom. The van der Waals surface area contributed by atoms with Crippen molar-refractivity contribution in [2.24, 2.45) is 0 Å². The van der Waals surface area contributed by atoms with Crippen molar-refractivity contribution in [3.05, 3.63) is 0 Å². The summed E-state index contributed by atoms with van der Waals surface area (Å²) in [5, 5.41) is 2.62. The summed E-state index contributed by atoms with van der Waals surface area (Å²) in [7, 11) is -1.44. The average Bonchev–Trinajstić information content (AvgIpc) is 2.40. The lowest BCUT2D eigenvalue weighted by molar-refractivity contribution is 0.00862. The highest BCUT2D eigenvalue weighted by atomic mass is 28.4. The molecule has 0 aliphatic carbocycles. The van der Waals surface area contributed by atoms with Crippen LogP contribution in [0, 0.1) is 0 Å². The highest BCUT2D eigenvalue weighted by molar-refractivity contribution is 6.69. The van der Waals surface area contributed by atoms with Crippen LogP contribution in [0.2, 0.25) is 19.6 Å². The molecule has 8 heteroatoms. The first-order chi connectivity index (χ1) is 11.1. The van der Waals surface area contributed by atoms with Crippen molar-refractivity contribution in [1.82, 2.24) is 5.32 Å². The molecule has 0 aliphatic rings. The Morgan fingerprint density at radius 1 is 0.833 bits per heavy atom. The molecule has 0 rings (SSSR count). The van der Waals surface area contributed by atoms with Gasteiger partial charge >= 0.3 is 6.09 Å². The number of hydrogen-bond donors (Lipinski definition) is 1. The molecule has 7 nitrogen and oxygen atoms in total. The fourth-order valence-corrected chi connectivity index (χ4v) is 2.18. The van der Waals surface area contributed by atoms with Gasteiger partial charge in [-0.25, -0.2) is 4.79 Å². The van der Waals surface area contributed by atoms with Gasteiger partial charge in [-0.3, -0.25) is 0 Å². The molecule has 0 aromatic rings. The molecule has 0 fully saturated rings. The van der Waals surface area contributed by atoms with Crippen LogP contribution >= 0.6 is 0 Å². The van der Waals surface area contributed by atoms with Gasteiger partial charge in [0.05, 0.1) is 46.2 Å². The first-order valence-electron chi connectivity index (χ1n) is 8.44. The normalized spacial score (nSPS) is 12.2. The van der Waals surface area contributed by atoms with E-state index in [0.29, 0.717) is 52.8 Å². The van der Waals surface area contributed by atoms with E-state index in [1.165, 1.54) is 0 Å². The third kappa shape index (κ3) is 19.4. The molecular formula is C16H35NO6Si. The predicted molar refractivity (Wildman–Crippen MR) is 96.0 cm³/mol. The van der Waals surface area contributed by atoms with Crippen LogP contribution in [-0.2, 0) is 23.4 Å².